The molecule has 6 nitrogen and oxygen atoms in total. The summed E-state index contributed by atoms with van der Waals surface area (Å²) in [5.74, 6) is 1.37. The molecule has 0 bridgehead atoms. The van der Waals surface area contributed by atoms with E-state index in [-0.39, 0.29) is 5.91 Å². The number of rotatable bonds is 4. The van der Waals surface area contributed by atoms with Gasteiger partial charge in [-0.05, 0) is 37.4 Å². The minimum atomic E-state index is 0.110. The smallest absolute Gasteiger partial charge is 0.253 e. The zero-order chi connectivity index (χ0) is 18.8. The van der Waals surface area contributed by atoms with Gasteiger partial charge in [-0.1, -0.05) is 28.4 Å². The van der Waals surface area contributed by atoms with E-state index >= 15 is 0 Å². The lowest BCUT2D eigenvalue weighted by Crippen LogP contribution is -2.48. The van der Waals surface area contributed by atoms with Crippen LogP contribution in [-0.2, 0) is 6.54 Å². The minimum absolute atomic E-state index is 0.110. The molecule has 0 atom stereocenters. The lowest BCUT2D eigenvalue weighted by molar-refractivity contribution is 0.0615. The van der Waals surface area contributed by atoms with Crippen LogP contribution in [0.5, 0.6) is 0 Å². The van der Waals surface area contributed by atoms with Crippen molar-refractivity contribution in [3.63, 3.8) is 0 Å². The van der Waals surface area contributed by atoms with Crippen molar-refractivity contribution in [2.24, 2.45) is 0 Å². The zero-order valence-corrected chi connectivity index (χ0v) is 16.3. The number of benzene rings is 1. The summed E-state index contributed by atoms with van der Waals surface area (Å²) in [4.78, 5) is 22.4. The molecule has 3 heterocycles. The monoisotopic (exact) mass is 382 g/mol. The van der Waals surface area contributed by atoms with E-state index in [0.717, 1.165) is 34.7 Å². The highest BCUT2D eigenvalue weighted by Gasteiger charge is 2.23. The van der Waals surface area contributed by atoms with Crippen molar-refractivity contribution in [3.8, 4) is 10.7 Å². The van der Waals surface area contributed by atoms with Gasteiger partial charge >= 0.3 is 0 Å². The minimum Gasteiger partial charge on any atom is -0.338 e. The number of hydrogen-bond acceptors (Lipinski definition) is 6. The SMILES string of the molecule is Cc1cc(C)cc(C(=O)N2CCN(Cc3nc(-c4cccs4)no3)CC2)c1. The predicted octanol–water partition coefficient (Wildman–Crippen LogP) is 3.37. The maximum absolute atomic E-state index is 12.8. The third kappa shape index (κ3) is 4.09. The summed E-state index contributed by atoms with van der Waals surface area (Å²) in [5, 5.41) is 6.05. The van der Waals surface area contributed by atoms with Crippen LogP contribution >= 0.6 is 11.3 Å². The maximum Gasteiger partial charge on any atom is 0.253 e. The van der Waals surface area contributed by atoms with Gasteiger partial charge in [-0.2, -0.15) is 4.98 Å². The molecular weight excluding hydrogens is 360 g/mol. The van der Waals surface area contributed by atoms with E-state index in [2.05, 4.69) is 21.1 Å². The van der Waals surface area contributed by atoms with Crippen LogP contribution in [0.1, 0.15) is 27.4 Å². The molecule has 0 radical (unpaired) electrons. The number of carbonyl (C=O) groups is 1. The summed E-state index contributed by atoms with van der Waals surface area (Å²) in [6.45, 7) is 7.67. The molecule has 3 aromatic rings. The van der Waals surface area contributed by atoms with E-state index in [1.807, 2.05) is 48.4 Å². The molecule has 0 spiro atoms. The van der Waals surface area contributed by atoms with E-state index in [1.165, 1.54) is 0 Å². The van der Waals surface area contributed by atoms with Crippen molar-refractivity contribution < 1.29 is 9.32 Å². The number of amides is 1. The van der Waals surface area contributed by atoms with Crippen LogP contribution in [0, 0.1) is 13.8 Å². The Kier molecular flexibility index (Phi) is 5.05. The molecule has 1 aliphatic heterocycles. The van der Waals surface area contributed by atoms with Crippen molar-refractivity contribution in [1.82, 2.24) is 19.9 Å². The molecule has 27 heavy (non-hydrogen) atoms. The highest BCUT2D eigenvalue weighted by atomic mass is 32.1. The van der Waals surface area contributed by atoms with Gasteiger partial charge in [0, 0.05) is 31.7 Å². The number of aromatic nitrogens is 2. The maximum atomic E-state index is 12.8. The normalized spacial score (nSPS) is 15.3. The van der Waals surface area contributed by atoms with Crippen LogP contribution in [0.15, 0.2) is 40.2 Å². The fourth-order valence-corrected chi connectivity index (χ4v) is 4.06. The van der Waals surface area contributed by atoms with Gasteiger partial charge in [0.05, 0.1) is 11.4 Å². The average Bonchev–Trinajstić information content (AvgIpc) is 3.32. The molecule has 1 amide bonds. The van der Waals surface area contributed by atoms with Crippen molar-refractivity contribution in [2.45, 2.75) is 20.4 Å². The molecule has 4 rings (SSSR count). The van der Waals surface area contributed by atoms with E-state index in [1.54, 1.807) is 11.3 Å². The summed E-state index contributed by atoms with van der Waals surface area (Å²) in [6.07, 6.45) is 0. The van der Waals surface area contributed by atoms with Crippen LogP contribution in [0.25, 0.3) is 10.7 Å². The molecule has 1 fully saturated rings. The Bertz CT molecular complexity index is 907. The van der Waals surface area contributed by atoms with Gasteiger partial charge < -0.3 is 9.42 Å². The third-order valence-electron chi connectivity index (χ3n) is 4.70. The first-order chi connectivity index (χ1) is 13.1. The highest BCUT2D eigenvalue weighted by Crippen LogP contribution is 2.22. The molecule has 0 N–H and O–H groups in total. The van der Waals surface area contributed by atoms with Crippen molar-refractivity contribution in [1.29, 1.82) is 0 Å². The first-order valence-electron chi connectivity index (χ1n) is 9.05. The van der Waals surface area contributed by atoms with Crippen molar-refractivity contribution in [2.75, 3.05) is 26.2 Å². The topological polar surface area (TPSA) is 62.5 Å². The molecule has 140 valence electrons. The second-order valence-electron chi connectivity index (χ2n) is 6.93. The Hall–Kier alpha value is -2.51. The average molecular weight is 382 g/mol. The Morgan fingerprint density at radius 2 is 1.89 bits per heavy atom. The highest BCUT2D eigenvalue weighted by molar-refractivity contribution is 7.13. The lowest BCUT2D eigenvalue weighted by Gasteiger charge is -2.34. The number of aryl methyl sites for hydroxylation is 2. The molecule has 1 aromatic carbocycles. The van der Waals surface area contributed by atoms with Crippen LogP contribution < -0.4 is 0 Å². The molecular formula is C20H22N4O2S. The van der Waals surface area contributed by atoms with Crippen LogP contribution in [0.3, 0.4) is 0 Å². The van der Waals surface area contributed by atoms with E-state index in [9.17, 15) is 4.79 Å². The van der Waals surface area contributed by atoms with Gasteiger partial charge in [0.1, 0.15) is 0 Å². The fraction of sp³-hybridized carbons (Fsp3) is 0.350. The summed E-state index contributed by atoms with van der Waals surface area (Å²) in [7, 11) is 0. The molecule has 1 aliphatic rings. The lowest BCUT2D eigenvalue weighted by atomic mass is 10.1. The second kappa shape index (κ2) is 7.62. The van der Waals surface area contributed by atoms with E-state index in [4.69, 9.17) is 4.52 Å². The summed E-state index contributed by atoms with van der Waals surface area (Å²) >= 11 is 1.60. The van der Waals surface area contributed by atoms with Gasteiger partial charge in [-0.15, -0.1) is 11.3 Å². The zero-order valence-electron chi connectivity index (χ0n) is 15.5. The van der Waals surface area contributed by atoms with Crippen LogP contribution in [0.2, 0.25) is 0 Å². The van der Waals surface area contributed by atoms with Gasteiger partial charge in [0.2, 0.25) is 11.7 Å². The van der Waals surface area contributed by atoms with Gasteiger partial charge in [0.15, 0.2) is 0 Å². The number of thiophene rings is 1. The second-order valence-corrected chi connectivity index (χ2v) is 7.88. The number of piperazine rings is 1. The predicted molar refractivity (Wildman–Crippen MR) is 105 cm³/mol. The third-order valence-corrected chi connectivity index (χ3v) is 5.56. The molecule has 7 heteroatoms. The van der Waals surface area contributed by atoms with Crippen molar-refractivity contribution in [3.05, 3.63) is 58.3 Å². The standard InChI is InChI=1S/C20H22N4O2S/c1-14-10-15(2)12-16(11-14)20(25)24-7-5-23(6-8-24)13-18-21-19(22-26-18)17-4-3-9-27-17/h3-4,9-12H,5-8,13H2,1-2H3. The summed E-state index contributed by atoms with van der Waals surface area (Å²) < 4.78 is 5.38. The molecule has 1 saturated heterocycles. The Morgan fingerprint density at radius 1 is 1.15 bits per heavy atom. The van der Waals surface area contributed by atoms with Gasteiger partial charge in [-0.25, -0.2) is 0 Å². The largest absolute Gasteiger partial charge is 0.338 e. The molecule has 0 saturated carbocycles. The molecule has 0 unspecified atom stereocenters. The summed E-state index contributed by atoms with van der Waals surface area (Å²) in [5.41, 5.74) is 3.02. The first kappa shape index (κ1) is 17.9. The van der Waals surface area contributed by atoms with Crippen LogP contribution in [-0.4, -0.2) is 52.0 Å². The number of carbonyl (C=O) groups excluding carboxylic acids is 1. The molecule has 0 aliphatic carbocycles. The Morgan fingerprint density at radius 3 is 2.56 bits per heavy atom. The van der Waals surface area contributed by atoms with Crippen molar-refractivity contribution >= 4 is 17.2 Å². The van der Waals surface area contributed by atoms with Gasteiger partial charge in [0.25, 0.3) is 5.91 Å². The summed E-state index contributed by atoms with van der Waals surface area (Å²) in [6, 6.07) is 9.97. The van der Waals surface area contributed by atoms with Gasteiger partial charge in [-0.3, -0.25) is 9.69 Å². The molecule has 2 aromatic heterocycles. The number of nitrogens with zero attached hydrogens (tertiary/aromatic N) is 4. The van der Waals surface area contributed by atoms with E-state index < -0.39 is 0 Å². The quantitative estimate of drug-likeness (QED) is 0.692. The number of hydrogen-bond donors (Lipinski definition) is 0. The first-order valence-corrected chi connectivity index (χ1v) is 9.93. The fourth-order valence-electron chi connectivity index (χ4n) is 3.41. The van der Waals surface area contributed by atoms with Crippen LogP contribution in [0.4, 0.5) is 0 Å². The Balaban J connectivity index is 1.34. The van der Waals surface area contributed by atoms with E-state index in [0.29, 0.717) is 31.3 Å². The Labute approximate surface area is 162 Å².